The molecule has 0 aliphatic heterocycles. The molecule has 0 aliphatic carbocycles. The van der Waals surface area contributed by atoms with Crippen LogP contribution in [-0.4, -0.2) is 29.0 Å². The maximum atomic E-state index is 10.5. The summed E-state index contributed by atoms with van der Waals surface area (Å²) in [6.07, 6.45) is 4.23. The summed E-state index contributed by atoms with van der Waals surface area (Å²) >= 11 is 0. The molecule has 0 saturated carbocycles. The highest BCUT2D eigenvalue weighted by molar-refractivity contribution is 5.78. The maximum absolute atomic E-state index is 10.5. The summed E-state index contributed by atoms with van der Waals surface area (Å²) in [5.41, 5.74) is 2.81. The minimum atomic E-state index is -0.604. The number of nitrogens with one attached hydrogen (secondary N) is 1. The van der Waals surface area contributed by atoms with Crippen molar-refractivity contribution < 1.29 is 9.53 Å². The lowest BCUT2D eigenvalue weighted by Crippen LogP contribution is -2.16. The summed E-state index contributed by atoms with van der Waals surface area (Å²) in [5.74, 6) is 0. The number of imidazole rings is 1. The number of hydrazone groups is 1. The smallest absolute Gasteiger partial charge is 0.427 e. The van der Waals surface area contributed by atoms with Crippen molar-refractivity contribution in [2.24, 2.45) is 12.1 Å². The predicted molar refractivity (Wildman–Crippen MR) is 46.3 cm³/mol. The zero-order valence-electron chi connectivity index (χ0n) is 7.39. The quantitative estimate of drug-likeness (QED) is 0.521. The monoisotopic (exact) mass is 182 g/mol. The molecular weight excluding hydrogens is 172 g/mol. The van der Waals surface area contributed by atoms with E-state index in [-0.39, 0.29) is 0 Å². The molecule has 0 unspecified atom stereocenters. The van der Waals surface area contributed by atoms with Gasteiger partial charge in [-0.1, -0.05) is 0 Å². The summed E-state index contributed by atoms with van der Waals surface area (Å²) in [7, 11) is 3.11. The number of methoxy groups -OCH3 is 1. The second-order valence-electron chi connectivity index (χ2n) is 2.33. The SMILES string of the molecule is COC(=O)N/N=C/c1cn(C)cn1. The van der Waals surface area contributed by atoms with Crippen LogP contribution in [0.2, 0.25) is 0 Å². The van der Waals surface area contributed by atoms with Crippen LogP contribution in [0.15, 0.2) is 17.6 Å². The third-order valence-electron chi connectivity index (χ3n) is 1.26. The van der Waals surface area contributed by atoms with Crippen LogP contribution in [0.25, 0.3) is 0 Å². The second-order valence-corrected chi connectivity index (χ2v) is 2.33. The molecule has 6 nitrogen and oxygen atoms in total. The van der Waals surface area contributed by atoms with E-state index in [0.29, 0.717) is 5.69 Å². The maximum Gasteiger partial charge on any atom is 0.427 e. The number of hydrogen-bond donors (Lipinski definition) is 1. The Hall–Kier alpha value is -1.85. The van der Waals surface area contributed by atoms with Crippen molar-refractivity contribution in [2.75, 3.05) is 7.11 Å². The second kappa shape index (κ2) is 4.24. The number of rotatable bonds is 2. The van der Waals surface area contributed by atoms with E-state index in [0.717, 1.165) is 0 Å². The van der Waals surface area contributed by atoms with E-state index < -0.39 is 6.09 Å². The molecule has 0 spiro atoms. The highest BCUT2D eigenvalue weighted by Crippen LogP contribution is 1.88. The predicted octanol–water partition coefficient (Wildman–Crippen LogP) is 0.110. The van der Waals surface area contributed by atoms with Gasteiger partial charge in [0.05, 0.1) is 19.7 Å². The summed E-state index contributed by atoms with van der Waals surface area (Å²) < 4.78 is 6.08. The molecule has 1 amide bonds. The molecule has 0 radical (unpaired) electrons. The first-order valence-corrected chi connectivity index (χ1v) is 3.57. The van der Waals surface area contributed by atoms with Gasteiger partial charge in [0.1, 0.15) is 5.69 Å². The lowest BCUT2D eigenvalue weighted by atomic mass is 10.5. The van der Waals surface area contributed by atoms with Crippen molar-refractivity contribution in [3.63, 3.8) is 0 Å². The van der Waals surface area contributed by atoms with Crippen molar-refractivity contribution in [2.45, 2.75) is 0 Å². The van der Waals surface area contributed by atoms with Crippen LogP contribution in [-0.2, 0) is 11.8 Å². The van der Waals surface area contributed by atoms with Crippen molar-refractivity contribution in [3.8, 4) is 0 Å². The molecule has 13 heavy (non-hydrogen) atoms. The van der Waals surface area contributed by atoms with Gasteiger partial charge in [0, 0.05) is 13.2 Å². The third-order valence-corrected chi connectivity index (χ3v) is 1.26. The number of aromatic nitrogens is 2. The van der Waals surface area contributed by atoms with Crippen LogP contribution >= 0.6 is 0 Å². The summed E-state index contributed by atoms with van der Waals surface area (Å²) in [6, 6.07) is 0. The number of hydrogen-bond acceptors (Lipinski definition) is 4. The molecule has 0 aliphatic rings. The largest absolute Gasteiger partial charge is 0.452 e. The van der Waals surface area contributed by atoms with E-state index in [1.165, 1.54) is 13.3 Å². The topological polar surface area (TPSA) is 68.5 Å². The molecule has 1 heterocycles. The zero-order valence-corrected chi connectivity index (χ0v) is 7.39. The molecule has 0 saturated heterocycles. The van der Waals surface area contributed by atoms with Crippen LogP contribution in [0.3, 0.4) is 0 Å². The molecule has 1 aromatic rings. The molecular formula is C7H10N4O2. The Morgan fingerprint density at radius 3 is 3.15 bits per heavy atom. The van der Waals surface area contributed by atoms with Gasteiger partial charge in [-0.3, -0.25) is 0 Å². The average molecular weight is 182 g/mol. The molecule has 0 atom stereocenters. The molecule has 0 fully saturated rings. The first-order chi connectivity index (χ1) is 6.22. The van der Waals surface area contributed by atoms with E-state index in [4.69, 9.17) is 0 Å². The molecule has 1 N–H and O–H groups in total. The van der Waals surface area contributed by atoms with Gasteiger partial charge in [0.15, 0.2) is 0 Å². The fraction of sp³-hybridized carbons (Fsp3) is 0.286. The first kappa shape index (κ1) is 9.24. The Kier molecular flexibility index (Phi) is 3.02. The van der Waals surface area contributed by atoms with Crippen molar-refractivity contribution in [3.05, 3.63) is 18.2 Å². The van der Waals surface area contributed by atoms with Crippen molar-refractivity contribution in [1.29, 1.82) is 0 Å². The zero-order chi connectivity index (χ0) is 9.68. The fourth-order valence-electron chi connectivity index (χ4n) is 0.696. The number of carbonyl (C=O) groups is 1. The third kappa shape index (κ3) is 2.94. The van der Waals surface area contributed by atoms with Crippen LogP contribution in [0.1, 0.15) is 5.69 Å². The number of ether oxygens (including phenoxy) is 1. The average Bonchev–Trinajstić information content (AvgIpc) is 2.51. The lowest BCUT2D eigenvalue weighted by molar-refractivity contribution is 0.171. The van der Waals surface area contributed by atoms with Crippen LogP contribution in [0.4, 0.5) is 4.79 Å². The highest BCUT2D eigenvalue weighted by Gasteiger charge is 1.94. The fourth-order valence-corrected chi connectivity index (χ4v) is 0.696. The van der Waals surface area contributed by atoms with E-state index in [1.807, 2.05) is 7.05 Å². The van der Waals surface area contributed by atoms with Crippen LogP contribution < -0.4 is 5.43 Å². The van der Waals surface area contributed by atoms with E-state index in [1.54, 1.807) is 17.1 Å². The van der Waals surface area contributed by atoms with Gasteiger partial charge < -0.3 is 9.30 Å². The molecule has 0 bridgehead atoms. The van der Waals surface area contributed by atoms with Gasteiger partial charge in [0.25, 0.3) is 0 Å². The Morgan fingerprint density at radius 1 is 1.85 bits per heavy atom. The van der Waals surface area contributed by atoms with Crippen LogP contribution in [0.5, 0.6) is 0 Å². The molecule has 0 aromatic carbocycles. The van der Waals surface area contributed by atoms with Gasteiger partial charge in [0.2, 0.25) is 0 Å². The van der Waals surface area contributed by atoms with E-state index in [9.17, 15) is 4.79 Å². The van der Waals surface area contributed by atoms with Gasteiger partial charge in [-0.25, -0.2) is 15.2 Å². The Balaban J connectivity index is 2.45. The number of aryl methyl sites for hydroxylation is 1. The van der Waals surface area contributed by atoms with Crippen molar-refractivity contribution in [1.82, 2.24) is 15.0 Å². The number of carbonyl (C=O) groups excluding carboxylic acids is 1. The van der Waals surface area contributed by atoms with Crippen molar-refractivity contribution >= 4 is 12.3 Å². The summed E-state index contributed by atoms with van der Waals surface area (Å²) in [6.45, 7) is 0. The molecule has 1 rings (SSSR count). The number of nitrogens with zero attached hydrogens (tertiary/aromatic N) is 3. The lowest BCUT2D eigenvalue weighted by Gasteiger charge is -1.93. The Labute approximate surface area is 75.2 Å². The van der Waals surface area contributed by atoms with Gasteiger partial charge in [-0.2, -0.15) is 5.10 Å². The minimum Gasteiger partial charge on any atom is -0.452 e. The van der Waals surface area contributed by atoms with E-state index >= 15 is 0 Å². The van der Waals surface area contributed by atoms with E-state index in [2.05, 4.69) is 20.2 Å². The van der Waals surface area contributed by atoms with Crippen LogP contribution in [0, 0.1) is 0 Å². The summed E-state index contributed by atoms with van der Waals surface area (Å²) in [5, 5.41) is 3.60. The molecule has 6 heteroatoms. The normalized spacial score (nSPS) is 10.3. The van der Waals surface area contributed by atoms with Gasteiger partial charge in [-0.15, -0.1) is 0 Å². The highest BCUT2D eigenvalue weighted by atomic mass is 16.5. The van der Waals surface area contributed by atoms with Gasteiger partial charge >= 0.3 is 6.09 Å². The Bertz CT molecular complexity index is 318. The molecule has 1 aromatic heterocycles. The summed E-state index contributed by atoms with van der Waals surface area (Å²) in [4.78, 5) is 14.5. The first-order valence-electron chi connectivity index (χ1n) is 3.57. The molecule has 70 valence electrons. The minimum absolute atomic E-state index is 0.604. The number of amides is 1. The Morgan fingerprint density at radius 2 is 2.62 bits per heavy atom. The standard InChI is InChI=1S/C7H10N4O2/c1-11-4-6(8-5-11)3-9-10-7(12)13-2/h3-5H,1-2H3,(H,10,12)/b9-3+. The van der Waals surface area contributed by atoms with Gasteiger partial charge in [-0.05, 0) is 0 Å².